The first-order chi connectivity index (χ1) is 8.79. The molecule has 2 rings (SSSR count). The van der Waals surface area contributed by atoms with Crippen LogP contribution in [-0.2, 0) is 22.6 Å². The first-order valence-electron chi connectivity index (χ1n) is 5.57. The van der Waals surface area contributed by atoms with Gasteiger partial charge in [0.25, 0.3) is 0 Å². The molecule has 7 heteroatoms. The molecule has 0 atom stereocenters. The fourth-order valence-electron chi connectivity index (χ4n) is 1.84. The molecule has 0 bridgehead atoms. The average Bonchev–Trinajstić information content (AvgIpc) is 2.55. The quantitative estimate of drug-likeness (QED) is 0.879. The van der Waals surface area contributed by atoms with Crippen LogP contribution in [0.1, 0.15) is 11.4 Å². The Bertz CT molecular complexity index is 723. The van der Waals surface area contributed by atoms with Crippen molar-refractivity contribution in [1.29, 1.82) is 0 Å². The normalized spacial score (nSPS) is 11.7. The fourth-order valence-corrected chi connectivity index (χ4v) is 3.83. The molecule has 0 spiro atoms. The minimum absolute atomic E-state index is 0.0854. The number of nitrogen functional groups attached to an aromatic ring is 1. The van der Waals surface area contributed by atoms with E-state index >= 15 is 0 Å². The van der Waals surface area contributed by atoms with Crippen molar-refractivity contribution in [1.82, 2.24) is 9.78 Å². The van der Waals surface area contributed by atoms with E-state index < -0.39 is 9.84 Å². The molecule has 1 heterocycles. The van der Waals surface area contributed by atoms with E-state index in [1.807, 2.05) is 6.92 Å². The first kappa shape index (κ1) is 13.9. The number of nitrogens with zero attached hydrogens (tertiary/aromatic N) is 2. The van der Waals surface area contributed by atoms with Crippen molar-refractivity contribution >= 4 is 27.1 Å². The Hall–Kier alpha value is -1.53. The lowest BCUT2D eigenvalue weighted by Crippen LogP contribution is -2.09. The van der Waals surface area contributed by atoms with Crippen LogP contribution >= 0.6 is 11.6 Å². The summed E-state index contributed by atoms with van der Waals surface area (Å²) in [6.45, 7) is 1.81. The molecule has 0 aliphatic rings. The molecule has 2 aromatic rings. The van der Waals surface area contributed by atoms with Crippen LogP contribution in [0.15, 0.2) is 29.2 Å². The minimum Gasteiger partial charge on any atom is -0.399 e. The molecule has 0 radical (unpaired) electrons. The van der Waals surface area contributed by atoms with Gasteiger partial charge >= 0.3 is 0 Å². The summed E-state index contributed by atoms with van der Waals surface area (Å²) in [6, 6.07) is 6.12. The van der Waals surface area contributed by atoms with Gasteiger partial charge in [0.1, 0.15) is 0 Å². The maximum atomic E-state index is 12.3. The third kappa shape index (κ3) is 2.90. The van der Waals surface area contributed by atoms with E-state index in [-0.39, 0.29) is 15.7 Å². The van der Waals surface area contributed by atoms with E-state index in [4.69, 9.17) is 17.3 Å². The van der Waals surface area contributed by atoms with Gasteiger partial charge < -0.3 is 5.73 Å². The number of sulfone groups is 1. The molecular weight excluding hydrogens is 286 g/mol. The van der Waals surface area contributed by atoms with E-state index in [1.165, 1.54) is 18.2 Å². The first-order valence-corrected chi connectivity index (χ1v) is 7.60. The standard InChI is InChI=1S/C12H14ClN3O2S/c1-8-5-10(16(2)15-8)7-19(17,18)12-4-3-9(14)6-11(12)13/h3-6H,7,14H2,1-2H3. The molecule has 19 heavy (non-hydrogen) atoms. The lowest BCUT2D eigenvalue weighted by molar-refractivity contribution is 0.592. The second-order valence-electron chi connectivity index (χ2n) is 4.35. The number of aryl methyl sites for hydroxylation is 2. The van der Waals surface area contributed by atoms with Crippen LogP contribution in [-0.4, -0.2) is 18.2 Å². The Kier molecular flexibility index (Phi) is 3.56. The Morgan fingerprint density at radius 2 is 2.05 bits per heavy atom. The van der Waals surface area contributed by atoms with Crippen molar-refractivity contribution in [2.45, 2.75) is 17.6 Å². The molecule has 0 amide bonds. The van der Waals surface area contributed by atoms with Crippen molar-refractivity contribution in [3.63, 3.8) is 0 Å². The van der Waals surface area contributed by atoms with Gasteiger partial charge in [-0.25, -0.2) is 8.42 Å². The van der Waals surface area contributed by atoms with E-state index in [0.29, 0.717) is 11.4 Å². The van der Waals surface area contributed by atoms with Crippen LogP contribution in [0.3, 0.4) is 0 Å². The summed E-state index contributed by atoms with van der Waals surface area (Å²) in [4.78, 5) is 0.0854. The maximum Gasteiger partial charge on any atom is 0.185 e. The molecule has 5 nitrogen and oxygen atoms in total. The maximum absolute atomic E-state index is 12.3. The zero-order chi connectivity index (χ0) is 14.2. The lowest BCUT2D eigenvalue weighted by atomic mass is 10.3. The zero-order valence-corrected chi connectivity index (χ0v) is 12.2. The van der Waals surface area contributed by atoms with Crippen LogP contribution < -0.4 is 5.73 Å². The highest BCUT2D eigenvalue weighted by Gasteiger charge is 2.20. The number of halogens is 1. The average molecular weight is 300 g/mol. The van der Waals surface area contributed by atoms with Crippen LogP contribution in [0.4, 0.5) is 5.69 Å². The summed E-state index contributed by atoms with van der Waals surface area (Å²) in [6.07, 6.45) is 0. The highest BCUT2D eigenvalue weighted by Crippen LogP contribution is 2.26. The van der Waals surface area contributed by atoms with E-state index in [0.717, 1.165) is 5.69 Å². The van der Waals surface area contributed by atoms with Gasteiger partial charge in [0.2, 0.25) is 0 Å². The molecule has 0 unspecified atom stereocenters. The van der Waals surface area contributed by atoms with Gasteiger partial charge in [-0.15, -0.1) is 0 Å². The van der Waals surface area contributed by atoms with Crippen LogP contribution in [0, 0.1) is 6.92 Å². The zero-order valence-electron chi connectivity index (χ0n) is 10.6. The number of aromatic nitrogens is 2. The second kappa shape index (κ2) is 4.86. The highest BCUT2D eigenvalue weighted by molar-refractivity contribution is 7.90. The van der Waals surface area contributed by atoms with Gasteiger partial charge in [-0.1, -0.05) is 11.6 Å². The smallest absolute Gasteiger partial charge is 0.185 e. The molecule has 0 saturated heterocycles. The predicted octanol–water partition coefficient (Wildman–Crippen LogP) is 1.94. The van der Waals surface area contributed by atoms with Gasteiger partial charge in [0.15, 0.2) is 9.84 Å². The summed E-state index contributed by atoms with van der Waals surface area (Å²) < 4.78 is 26.2. The minimum atomic E-state index is -3.52. The largest absolute Gasteiger partial charge is 0.399 e. The molecule has 0 fully saturated rings. The van der Waals surface area contributed by atoms with Crippen molar-refractivity contribution in [3.05, 3.63) is 40.7 Å². The lowest BCUT2D eigenvalue weighted by Gasteiger charge is -2.07. The van der Waals surface area contributed by atoms with E-state index in [2.05, 4.69) is 5.10 Å². The van der Waals surface area contributed by atoms with Gasteiger partial charge in [0.05, 0.1) is 27.1 Å². The van der Waals surface area contributed by atoms with E-state index in [1.54, 1.807) is 17.8 Å². The third-order valence-electron chi connectivity index (χ3n) is 2.73. The van der Waals surface area contributed by atoms with Crippen molar-refractivity contribution in [2.24, 2.45) is 7.05 Å². The number of hydrogen-bond acceptors (Lipinski definition) is 4. The number of hydrogen-bond donors (Lipinski definition) is 1. The van der Waals surface area contributed by atoms with Gasteiger partial charge in [-0.3, -0.25) is 4.68 Å². The molecule has 1 aromatic heterocycles. The van der Waals surface area contributed by atoms with Gasteiger partial charge in [-0.2, -0.15) is 5.10 Å². The SMILES string of the molecule is Cc1cc(CS(=O)(=O)c2ccc(N)cc2Cl)n(C)n1. The number of benzene rings is 1. The summed E-state index contributed by atoms with van der Waals surface area (Å²) in [5.41, 5.74) is 7.38. The van der Waals surface area contributed by atoms with Crippen LogP contribution in [0.2, 0.25) is 5.02 Å². The van der Waals surface area contributed by atoms with E-state index in [9.17, 15) is 8.42 Å². The summed E-state index contributed by atoms with van der Waals surface area (Å²) in [5.74, 6) is -0.145. The Labute approximate surface area is 116 Å². The fraction of sp³-hybridized carbons (Fsp3) is 0.250. The van der Waals surface area contributed by atoms with Crippen molar-refractivity contribution in [2.75, 3.05) is 5.73 Å². The number of anilines is 1. The number of rotatable bonds is 3. The Morgan fingerprint density at radius 1 is 1.37 bits per heavy atom. The molecule has 1 aromatic carbocycles. The Morgan fingerprint density at radius 3 is 2.58 bits per heavy atom. The highest BCUT2D eigenvalue weighted by atomic mass is 35.5. The summed E-state index contributed by atoms with van der Waals surface area (Å²) >= 11 is 5.94. The second-order valence-corrected chi connectivity index (χ2v) is 6.71. The monoisotopic (exact) mass is 299 g/mol. The molecular formula is C12H14ClN3O2S. The molecule has 0 aliphatic heterocycles. The Balaban J connectivity index is 2.40. The van der Waals surface area contributed by atoms with Crippen LogP contribution in [0.25, 0.3) is 0 Å². The molecule has 102 valence electrons. The topological polar surface area (TPSA) is 78.0 Å². The van der Waals surface area contributed by atoms with Crippen LogP contribution in [0.5, 0.6) is 0 Å². The van der Waals surface area contributed by atoms with Crippen molar-refractivity contribution < 1.29 is 8.42 Å². The third-order valence-corrected chi connectivity index (χ3v) is 4.85. The molecule has 0 saturated carbocycles. The van der Waals surface area contributed by atoms with Crippen molar-refractivity contribution in [3.8, 4) is 0 Å². The van der Waals surface area contributed by atoms with Gasteiger partial charge in [-0.05, 0) is 31.2 Å². The summed E-state index contributed by atoms with van der Waals surface area (Å²) in [7, 11) is -1.81. The molecule has 2 N–H and O–H groups in total. The van der Waals surface area contributed by atoms with Gasteiger partial charge in [0, 0.05) is 12.7 Å². The molecule has 0 aliphatic carbocycles. The predicted molar refractivity (Wildman–Crippen MR) is 74.7 cm³/mol. The summed E-state index contributed by atoms with van der Waals surface area (Å²) in [5, 5.41) is 4.26. The number of nitrogens with two attached hydrogens (primary N) is 1.